The molecule has 27 heavy (non-hydrogen) atoms. The second kappa shape index (κ2) is 8.52. The normalized spacial score (nSPS) is 21.6. The maximum absolute atomic E-state index is 13.7. The van der Waals surface area contributed by atoms with E-state index in [9.17, 15) is 14.0 Å². The fourth-order valence-electron chi connectivity index (χ4n) is 3.57. The maximum Gasteiger partial charge on any atom is 0.338 e. The van der Waals surface area contributed by atoms with Crippen molar-refractivity contribution < 1.29 is 18.7 Å². The first-order valence-electron chi connectivity index (χ1n) is 9.43. The average molecular weight is 375 g/mol. The number of ether oxygens (including phenoxy) is 1. The van der Waals surface area contributed by atoms with Crippen LogP contribution in [0.25, 0.3) is 0 Å². The summed E-state index contributed by atoms with van der Waals surface area (Å²) in [4.78, 5) is 27.2. The molecule has 1 atom stereocenters. The average Bonchev–Trinajstić information content (AvgIpc) is 2.63. The molecule has 1 saturated heterocycles. The van der Waals surface area contributed by atoms with E-state index in [0.29, 0.717) is 29.3 Å². The quantitative estimate of drug-likeness (QED) is 0.777. The van der Waals surface area contributed by atoms with Crippen molar-refractivity contribution in [3.05, 3.63) is 46.9 Å². The molecule has 6 nitrogen and oxygen atoms in total. The Kier molecular flexibility index (Phi) is 6.11. The van der Waals surface area contributed by atoms with Crippen LogP contribution in [0, 0.1) is 11.7 Å². The van der Waals surface area contributed by atoms with Crippen molar-refractivity contribution in [1.82, 2.24) is 15.5 Å². The van der Waals surface area contributed by atoms with Crippen LogP contribution in [-0.2, 0) is 9.53 Å². The minimum atomic E-state index is -0.743. The first kappa shape index (κ1) is 19.4. The second-order valence-electron chi connectivity index (χ2n) is 7.16. The minimum absolute atomic E-state index is 0.223. The first-order chi connectivity index (χ1) is 13.0. The summed E-state index contributed by atoms with van der Waals surface area (Å²) >= 11 is 0. The van der Waals surface area contributed by atoms with E-state index in [0.717, 1.165) is 25.9 Å². The molecule has 0 bridgehead atoms. The number of hydrogen-bond acceptors (Lipinski definition) is 4. The van der Waals surface area contributed by atoms with Gasteiger partial charge in [-0.1, -0.05) is 19.1 Å². The number of likely N-dealkylation sites (tertiary alicyclic amines) is 1. The van der Waals surface area contributed by atoms with Gasteiger partial charge in [-0.25, -0.2) is 14.0 Å². The Morgan fingerprint density at radius 1 is 1.33 bits per heavy atom. The predicted octanol–water partition coefficient (Wildman–Crippen LogP) is 2.73. The van der Waals surface area contributed by atoms with Gasteiger partial charge in [0.15, 0.2) is 0 Å². The largest absolute Gasteiger partial charge is 0.463 e. The van der Waals surface area contributed by atoms with Crippen LogP contribution in [0.15, 0.2) is 35.5 Å². The third-order valence-electron chi connectivity index (χ3n) is 5.09. The molecular weight excluding hydrogens is 349 g/mol. The standard InChI is InChI=1S/C20H26FN3O3/c1-3-27-19(25)17-16(12-24-9-7-13(2)8-10-24)22-20(26)23-18(17)14-5-4-6-15(21)11-14/h4-6,11,13,18H,3,7-10,12H2,1-2H3,(H2,22,23,26)/t18-/m1/s1. The molecule has 7 heteroatoms. The van der Waals surface area contributed by atoms with Gasteiger partial charge in [0, 0.05) is 12.2 Å². The third-order valence-corrected chi connectivity index (χ3v) is 5.09. The number of urea groups is 1. The highest BCUT2D eigenvalue weighted by molar-refractivity contribution is 5.95. The zero-order chi connectivity index (χ0) is 19.4. The number of amides is 2. The minimum Gasteiger partial charge on any atom is -0.463 e. The SMILES string of the molecule is CCOC(=O)C1=C(CN2CCC(C)CC2)NC(=O)N[C@@H]1c1cccc(F)c1. The highest BCUT2D eigenvalue weighted by Gasteiger charge is 2.34. The summed E-state index contributed by atoms with van der Waals surface area (Å²) in [6.07, 6.45) is 2.17. The topological polar surface area (TPSA) is 70.7 Å². The molecule has 0 saturated carbocycles. The zero-order valence-corrected chi connectivity index (χ0v) is 15.8. The molecule has 2 aliphatic heterocycles. The molecule has 2 N–H and O–H groups in total. The number of nitrogens with one attached hydrogen (secondary N) is 2. The lowest BCUT2D eigenvalue weighted by Gasteiger charge is -2.34. The third kappa shape index (κ3) is 4.66. The van der Waals surface area contributed by atoms with Crippen LogP contribution in [0.2, 0.25) is 0 Å². The number of hydrogen-bond donors (Lipinski definition) is 2. The lowest BCUT2D eigenvalue weighted by molar-refractivity contribution is -0.139. The van der Waals surface area contributed by atoms with Crippen LogP contribution in [0.3, 0.4) is 0 Å². The van der Waals surface area contributed by atoms with E-state index >= 15 is 0 Å². The molecule has 0 aliphatic carbocycles. The highest BCUT2D eigenvalue weighted by atomic mass is 19.1. The smallest absolute Gasteiger partial charge is 0.338 e. The van der Waals surface area contributed by atoms with Crippen LogP contribution in [-0.4, -0.2) is 43.1 Å². The van der Waals surface area contributed by atoms with E-state index in [4.69, 9.17) is 4.74 Å². The van der Waals surface area contributed by atoms with Gasteiger partial charge >= 0.3 is 12.0 Å². The summed E-state index contributed by atoms with van der Waals surface area (Å²) in [7, 11) is 0. The Morgan fingerprint density at radius 3 is 2.74 bits per heavy atom. The van der Waals surface area contributed by atoms with E-state index in [1.807, 2.05) is 0 Å². The predicted molar refractivity (Wildman–Crippen MR) is 99.3 cm³/mol. The molecule has 1 aromatic carbocycles. The molecule has 2 amide bonds. The molecule has 0 radical (unpaired) electrons. The Labute approximate surface area is 158 Å². The van der Waals surface area contributed by atoms with E-state index in [1.54, 1.807) is 19.1 Å². The maximum atomic E-state index is 13.7. The summed E-state index contributed by atoms with van der Waals surface area (Å²) in [6, 6.07) is 4.77. The molecule has 2 aliphatic rings. The van der Waals surface area contributed by atoms with Crippen molar-refractivity contribution >= 4 is 12.0 Å². The number of esters is 1. The Morgan fingerprint density at radius 2 is 2.07 bits per heavy atom. The molecule has 0 aromatic heterocycles. The van der Waals surface area contributed by atoms with E-state index < -0.39 is 23.9 Å². The van der Waals surface area contributed by atoms with Gasteiger partial charge in [0.25, 0.3) is 0 Å². The molecule has 0 spiro atoms. The van der Waals surface area contributed by atoms with Gasteiger partial charge in [0.05, 0.1) is 18.2 Å². The van der Waals surface area contributed by atoms with E-state index in [-0.39, 0.29) is 6.61 Å². The monoisotopic (exact) mass is 375 g/mol. The van der Waals surface area contributed by atoms with E-state index in [1.165, 1.54) is 12.1 Å². The fourth-order valence-corrected chi connectivity index (χ4v) is 3.57. The lowest BCUT2D eigenvalue weighted by Crippen LogP contribution is -2.49. The summed E-state index contributed by atoms with van der Waals surface area (Å²) in [5, 5.41) is 5.50. The highest BCUT2D eigenvalue weighted by Crippen LogP contribution is 2.29. The zero-order valence-electron chi connectivity index (χ0n) is 15.8. The Hall–Kier alpha value is -2.41. The van der Waals surface area contributed by atoms with Gasteiger partial charge in [0.1, 0.15) is 5.82 Å². The Bertz CT molecular complexity index is 742. The fraction of sp³-hybridized carbons (Fsp3) is 0.500. The number of carbonyl (C=O) groups excluding carboxylic acids is 2. The number of carbonyl (C=O) groups is 2. The van der Waals surface area contributed by atoms with Crippen LogP contribution in [0.4, 0.5) is 9.18 Å². The van der Waals surface area contributed by atoms with Crippen molar-refractivity contribution in [2.24, 2.45) is 5.92 Å². The molecular formula is C20H26FN3O3. The summed E-state index contributed by atoms with van der Waals surface area (Å²) in [5.41, 5.74) is 1.37. The van der Waals surface area contributed by atoms with Gasteiger partial charge in [-0.3, -0.25) is 4.90 Å². The van der Waals surface area contributed by atoms with Crippen molar-refractivity contribution in [2.75, 3.05) is 26.2 Å². The molecule has 2 heterocycles. The van der Waals surface area contributed by atoms with Crippen LogP contribution in [0.5, 0.6) is 0 Å². The van der Waals surface area contributed by atoms with Crippen molar-refractivity contribution in [3.63, 3.8) is 0 Å². The molecule has 1 fully saturated rings. The summed E-state index contributed by atoms with van der Waals surface area (Å²) in [6.45, 7) is 6.47. The van der Waals surface area contributed by atoms with Crippen LogP contribution in [0.1, 0.15) is 38.3 Å². The summed E-state index contributed by atoms with van der Waals surface area (Å²) in [5.74, 6) is -0.239. The van der Waals surface area contributed by atoms with Crippen LogP contribution >= 0.6 is 0 Å². The summed E-state index contributed by atoms with van der Waals surface area (Å²) < 4.78 is 19.0. The Balaban J connectivity index is 1.95. The first-order valence-corrected chi connectivity index (χ1v) is 9.43. The van der Waals surface area contributed by atoms with E-state index in [2.05, 4.69) is 22.5 Å². The number of halogens is 1. The number of benzene rings is 1. The van der Waals surface area contributed by atoms with Crippen molar-refractivity contribution in [3.8, 4) is 0 Å². The van der Waals surface area contributed by atoms with Crippen molar-refractivity contribution in [2.45, 2.75) is 32.7 Å². The molecule has 1 aromatic rings. The molecule has 146 valence electrons. The van der Waals surface area contributed by atoms with Crippen LogP contribution < -0.4 is 10.6 Å². The molecule has 3 rings (SSSR count). The van der Waals surface area contributed by atoms with Gasteiger partial charge in [0.2, 0.25) is 0 Å². The lowest BCUT2D eigenvalue weighted by atomic mass is 9.94. The van der Waals surface area contributed by atoms with Gasteiger partial charge in [-0.15, -0.1) is 0 Å². The number of nitrogens with zero attached hydrogens (tertiary/aromatic N) is 1. The second-order valence-corrected chi connectivity index (χ2v) is 7.16. The van der Waals surface area contributed by atoms with Gasteiger partial charge < -0.3 is 15.4 Å². The number of rotatable bonds is 5. The molecule has 0 unspecified atom stereocenters. The van der Waals surface area contributed by atoms with Gasteiger partial charge in [-0.2, -0.15) is 0 Å². The van der Waals surface area contributed by atoms with Crippen molar-refractivity contribution in [1.29, 1.82) is 0 Å². The van der Waals surface area contributed by atoms with Gasteiger partial charge in [-0.05, 0) is 56.5 Å². The number of piperidine rings is 1.